The Kier molecular flexibility index (Phi) is 4.60. The molecule has 6 heteroatoms. The second kappa shape index (κ2) is 6.40. The predicted octanol–water partition coefficient (Wildman–Crippen LogP) is 2.30. The van der Waals surface area contributed by atoms with E-state index in [1.807, 2.05) is 6.07 Å². The van der Waals surface area contributed by atoms with Crippen LogP contribution >= 0.6 is 11.8 Å². The van der Waals surface area contributed by atoms with Crippen LogP contribution in [0.5, 0.6) is 0 Å². The molecule has 5 N–H and O–H groups in total. The number of carbonyl (C=O) groups excluding carboxylic acids is 1. The lowest BCUT2D eigenvalue weighted by atomic mass is 10.1. The molecule has 0 atom stereocenters. The van der Waals surface area contributed by atoms with Gasteiger partial charge < -0.3 is 5.73 Å². The maximum absolute atomic E-state index is 13.6. The molecule has 0 unspecified atom stereocenters. The van der Waals surface area contributed by atoms with Crippen molar-refractivity contribution in [1.29, 1.82) is 0 Å². The molecule has 0 spiro atoms. The van der Waals surface area contributed by atoms with E-state index in [0.717, 1.165) is 5.56 Å². The molecule has 0 saturated carbocycles. The SMILES string of the molecule is NNC(=O)c1cccc(CSc2ccc(N)cc2F)c1. The number of anilines is 1. The summed E-state index contributed by atoms with van der Waals surface area (Å²) in [4.78, 5) is 11.9. The molecule has 0 aromatic heterocycles. The topological polar surface area (TPSA) is 81.1 Å². The van der Waals surface area contributed by atoms with Gasteiger partial charge in [0.2, 0.25) is 0 Å². The molecule has 0 bridgehead atoms. The van der Waals surface area contributed by atoms with Crippen molar-refractivity contribution < 1.29 is 9.18 Å². The Morgan fingerprint density at radius 1 is 1.25 bits per heavy atom. The second-order valence-corrected chi connectivity index (χ2v) is 5.17. The van der Waals surface area contributed by atoms with E-state index in [-0.39, 0.29) is 11.7 Å². The molecule has 0 fully saturated rings. The minimum Gasteiger partial charge on any atom is -0.399 e. The van der Waals surface area contributed by atoms with E-state index < -0.39 is 0 Å². The van der Waals surface area contributed by atoms with Crippen LogP contribution in [0.25, 0.3) is 0 Å². The number of benzene rings is 2. The molecule has 0 aliphatic heterocycles. The number of hydrogen-bond donors (Lipinski definition) is 3. The highest BCUT2D eigenvalue weighted by Gasteiger charge is 2.06. The van der Waals surface area contributed by atoms with Crippen molar-refractivity contribution in [3.8, 4) is 0 Å². The number of halogens is 1. The molecular weight excluding hydrogens is 277 g/mol. The molecule has 1 amide bonds. The normalized spacial score (nSPS) is 10.3. The smallest absolute Gasteiger partial charge is 0.265 e. The Hall–Kier alpha value is -2.05. The quantitative estimate of drug-likeness (QED) is 0.265. The number of hydrogen-bond acceptors (Lipinski definition) is 4. The number of hydrazine groups is 1. The Labute approximate surface area is 120 Å². The summed E-state index contributed by atoms with van der Waals surface area (Å²) in [6, 6.07) is 11.6. The first-order chi connectivity index (χ1) is 9.60. The summed E-state index contributed by atoms with van der Waals surface area (Å²) in [6.45, 7) is 0. The fraction of sp³-hybridized carbons (Fsp3) is 0.0714. The van der Waals surface area contributed by atoms with Crippen molar-refractivity contribution in [2.45, 2.75) is 10.6 Å². The number of amides is 1. The van der Waals surface area contributed by atoms with Gasteiger partial charge in [-0.3, -0.25) is 10.2 Å². The molecule has 4 nitrogen and oxygen atoms in total. The predicted molar refractivity (Wildman–Crippen MR) is 78.5 cm³/mol. The largest absolute Gasteiger partial charge is 0.399 e. The van der Waals surface area contributed by atoms with Gasteiger partial charge in [-0.15, -0.1) is 11.8 Å². The van der Waals surface area contributed by atoms with Gasteiger partial charge in [-0.1, -0.05) is 12.1 Å². The van der Waals surface area contributed by atoms with Crippen molar-refractivity contribution in [2.24, 2.45) is 5.84 Å². The highest BCUT2D eigenvalue weighted by molar-refractivity contribution is 7.98. The maximum atomic E-state index is 13.6. The van der Waals surface area contributed by atoms with Gasteiger partial charge in [-0.2, -0.15) is 0 Å². The van der Waals surface area contributed by atoms with Gasteiger partial charge in [0, 0.05) is 21.9 Å². The lowest BCUT2D eigenvalue weighted by molar-refractivity contribution is 0.0953. The highest BCUT2D eigenvalue weighted by Crippen LogP contribution is 2.27. The molecule has 2 rings (SSSR count). The van der Waals surface area contributed by atoms with Crippen LogP contribution in [0.4, 0.5) is 10.1 Å². The summed E-state index contributed by atoms with van der Waals surface area (Å²) in [5.41, 5.74) is 9.36. The number of nitrogens with one attached hydrogen (secondary N) is 1. The number of carbonyl (C=O) groups is 1. The summed E-state index contributed by atoms with van der Waals surface area (Å²) < 4.78 is 13.6. The molecule has 0 heterocycles. The molecule has 2 aromatic rings. The van der Waals surface area contributed by atoms with E-state index >= 15 is 0 Å². The second-order valence-electron chi connectivity index (χ2n) is 4.15. The fourth-order valence-corrected chi connectivity index (χ4v) is 2.54. The molecule has 0 radical (unpaired) electrons. The van der Waals surface area contributed by atoms with Gasteiger partial charge in [-0.25, -0.2) is 10.2 Å². The third-order valence-corrected chi connectivity index (χ3v) is 3.79. The zero-order valence-corrected chi connectivity index (χ0v) is 11.4. The first-order valence-electron chi connectivity index (χ1n) is 5.88. The Morgan fingerprint density at radius 2 is 2.05 bits per heavy atom. The lowest BCUT2D eigenvalue weighted by Gasteiger charge is -2.06. The molecule has 0 saturated heterocycles. The van der Waals surface area contributed by atoms with Gasteiger partial charge >= 0.3 is 0 Å². The number of thioether (sulfide) groups is 1. The Morgan fingerprint density at radius 3 is 2.75 bits per heavy atom. The third-order valence-electron chi connectivity index (χ3n) is 2.67. The van der Waals surface area contributed by atoms with Gasteiger partial charge in [0.1, 0.15) is 5.82 Å². The number of nitrogen functional groups attached to an aromatic ring is 2. The summed E-state index contributed by atoms with van der Waals surface area (Å²) in [7, 11) is 0. The Balaban J connectivity index is 2.09. The first-order valence-corrected chi connectivity index (χ1v) is 6.86. The summed E-state index contributed by atoms with van der Waals surface area (Å²) in [5.74, 6) is 4.94. The summed E-state index contributed by atoms with van der Waals surface area (Å²) >= 11 is 1.34. The standard InChI is InChI=1S/C14H14FN3OS/c15-12-7-11(16)4-5-13(12)20-8-9-2-1-3-10(6-9)14(19)18-17/h1-7H,8,16-17H2,(H,18,19). The van der Waals surface area contributed by atoms with Crippen LogP contribution in [0.15, 0.2) is 47.4 Å². The van der Waals surface area contributed by atoms with E-state index in [2.05, 4.69) is 5.43 Å². The zero-order chi connectivity index (χ0) is 14.5. The van der Waals surface area contributed by atoms with Crippen LogP contribution in [0.1, 0.15) is 15.9 Å². The zero-order valence-electron chi connectivity index (χ0n) is 10.6. The van der Waals surface area contributed by atoms with Gasteiger partial charge in [0.25, 0.3) is 5.91 Å². The minimum atomic E-state index is -0.351. The summed E-state index contributed by atoms with van der Waals surface area (Å²) in [6.07, 6.45) is 0. The van der Waals surface area contributed by atoms with Crippen LogP contribution in [0.2, 0.25) is 0 Å². The van der Waals surface area contributed by atoms with Crippen LogP contribution < -0.4 is 17.0 Å². The monoisotopic (exact) mass is 291 g/mol. The molecule has 0 aliphatic carbocycles. The lowest BCUT2D eigenvalue weighted by Crippen LogP contribution is -2.29. The molecular formula is C14H14FN3OS. The van der Waals surface area contributed by atoms with Crippen molar-refractivity contribution in [3.05, 3.63) is 59.4 Å². The number of rotatable bonds is 4. The molecule has 2 aromatic carbocycles. The minimum absolute atomic E-state index is 0.342. The highest BCUT2D eigenvalue weighted by atomic mass is 32.2. The van der Waals surface area contributed by atoms with Gasteiger partial charge in [0.15, 0.2) is 0 Å². The van der Waals surface area contributed by atoms with E-state index in [1.165, 1.54) is 17.8 Å². The average molecular weight is 291 g/mol. The molecule has 20 heavy (non-hydrogen) atoms. The molecule has 104 valence electrons. The fourth-order valence-electron chi connectivity index (χ4n) is 1.68. The van der Waals surface area contributed by atoms with Gasteiger partial charge in [-0.05, 0) is 35.9 Å². The number of nitrogens with two attached hydrogens (primary N) is 2. The van der Waals surface area contributed by atoms with Crippen LogP contribution in [-0.2, 0) is 5.75 Å². The Bertz CT molecular complexity index is 634. The van der Waals surface area contributed by atoms with Crippen molar-refractivity contribution in [2.75, 3.05) is 5.73 Å². The van der Waals surface area contributed by atoms with Crippen LogP contribution in [0.3, 0.4) is 0 Å². The maximum Gasteiger partial charge on any atom is 0.265 e. The molecule has 0 aliphatic rings. The average Bonchev–Trinajstić information content (AvgIpc) is 2.46. The van der Waals surface area contributed by atoms with Crippen molar-refractivity contribution in [3.63, 3.8) is 0 Å². The van der Waals surface area contributed by atoms with E-state index in [4.69, 9.17) is 11.6 Å². The van der Waals surface area contributed by atoms with Gasteiger partial charge in [0.05, 0.1) is 0 Å². The van der Waals surface area contributed by atoms with E-state index in [0.29, 0.717) is 21.9 Å². The van der Waals surface area contributed by atoms with Crippen molar-refractivity contribution >= 4 is 23.4 Å². The van der Waals surface area contributed by atoms with Crippen molar-refractivity contribution in [1.82, 2.24) is 5.43 Å². The van der Waals surface area contributed by atoms with E-state index in [1.54, 1.807) is 30.3 Å². The van der Waals surface area contributed by atoms with E-state index in [9.17, 15) is 9.18 Å². The third kappa shape index (κ3) is 3.49. The summed E-state index contributed by atoms with van der Waals surface area (Å²) in [5, 5.41) is 0. The van der Waals surface area contributed by atoms with Crippen LogP contribution in [-0.4, -0.2) is 5.91 Å². The van der Waals surface area contributed by atoms with Crippen LogP contribution in [0, 0.1) is 5.82 Å². The first kappa shape index (κ1) is 14.4.